The Hall–Kier alpha value is -2.57. The summed E-state index contributed by atoms with van der Waals surface area (Å²) in [7, 11) is 0. The van der Waals surface area contributed by atoms with E-state index in [1.54, 1.807) is 24.8 Å². The van der Waals surface area contributed by atoms with E-state index in [0.29, 0.717) is 28.4 Å². The van der Waals surface area contributed by atoms with E-state index >= 15 is 0 Å². The van der Waals surface area contributed by atoms with Gasteiger partial charge in [-0.05, 0) is 0 Å². The molecule has 0 amide bonds. The standard InChI is InChI=1S/C9H7N7/c10-7-5-3-13-16-8(5)15-9(14-7)6-4-11-1-2-12-6/h1-4H,(H3,10,13,14,15,16). The average Bonchev–Trinajstić information content (AvgIpc) is 2.79. The number of nitrogens with zero attached hydrogens (tertiary/aromatic N) is 5. The molecule has 0 atom stereocenters. The summed E-state index contributed by atoms with van der Waals surface area (Å²) in [5.41, 5.74) is 6.95. The van der Waals surface area contributed by atoms with Gasteiger partial charge in [0.2, 0.25) is 0 Å². The maximum Gasteiger partial charge on any atom is 0.183 e. The number of aromatic nitrogens is 6. The van der Waals surface area contributed by atoms with Crippen LogP contribution in [0, 0.1) is 0 Å². The second-order valence-corrected chi connectivity index (χ2v) is 3.16. The number of fused-ring (bicyclic) bond motifs is 1. The summed E-state index contributed by atoms with van der Waals surface area (Å²) in [6.07, 6.45) is 6.33. The largest absolute Gasteiger partial charge is 0.383 e. The van der Waals surface area contributed by atoms with Crippen molar-refractivity contribution in [2.45, 2.75) is 0 Å². The van der Waals surface area contributed by atoms with Gasteiger partial charge < -0.3 is 5.73 Å². The van der Waals surface area contributed by atoms with Gasteiger partial charge in [-0.25, -0.2) is 15.0 Å². The first kappa shape index (κ1) is 8.72. The molecule has 0 spiro atoms. The summed E-state index contributed by atoms with van der Waals surface area (Å²) in [4.78, 5) is 16.5. The lowest BCUT2D eigenvalue weighted by Crippen LogP contribution is -1.98. The molecule has 3 N–H and O–H groups in total. The highest BCUT2D eigenvalue weighted by Crippen LogP contribution is 2.19. The van der Waals surface area contributed by atoms with Crippen LogP contribution in [0.4, 0.5) is 5.82 Å². The number of nitrogens with two attached hydrogens (primary N) is 1. The molecular weight excluding hydrogens is 206 g/mol. The van der Waals surface area contributed by atoms with Gasteiger partial charge in [0.15, 0.2) is 11.5 Å². The van der Waals surface area contributed by atoms with Gasteiger partial charge in [0.25, 0.3) is 0 Å². The lowest BCUT2D eigenvalue weighted by molar-refractivity contribution is 1.08. The molecule has 0 aliphatic rings. The summed E-state index contributed by atoms with van der Waals surface area (Å²) < 4.78 is 0. The highest BCUT2D eigenvalue weighted by molar-refractivity contribution is 5.85. The lowest BCUT2D eigenvalue weighted by atomic mass is 10.3. The first-order chi connectivity index (χ1) is 7.84. The SMILES string of the molecule is Nc1nc(-c2cnccn2)nc2[nH]ncc12. The Morgan fingerprint density at radius 2 is 2.06 bits per heavy atom. The Balaban J connectivity index is 2.25. The molecule has 7 nitrogen and oxygen atoms in total. The van der Waals surface area contributed by atoms with Crippen LogP contribution in [-0.4, -0.2) is 30.1 Å². The van der Waals surface area contributed by atoms with Gasteiger partial charge in [0.1, 0.15) is 11.5 Å². The van der Waals surface area contributed by atoms with Crippen molar-refractivity contribution in [1.29, 1.82) is 0 Å². The summed E-state index contributed by atoms with van der Waals surface area (Å²) in [5, 5.41) is 7.30. The molecule has 3 aromatic heterocycles. The first-order valence-corrected chi connectivity index (χ1v) is 4.57. The molecule has 0 aliphatic carbocycles. The van der Waals surface area contributed by atoms with Crippen LogP contribution < -0.4 is 5.73 Å². The molecule has 3 heterocycles. The number of hydrogen-bond donors (Lipinski definition) is 2. The van der Waals surface area contributed by atoms with Crippen LogP contribution in [0.25, 0.3) is 22.6 Å². The van der Waals surface area contributed by atoms with E-state index in [1.165, 1.54) is 0 Å². The van der Waals surface area contributed by atoms with Crippen molar-refractivity contribution >= 4 is 16.9 Å². The number of aromatic amines is 1. The van der Waals surface area contributed by atoms with Crippen molar-refractivity contribution in [3.8, 4) is 11.5 Å². The monoisotopic (exact) mass is 213 g/mol. The second kappa shape index (κ2) is 3.23. The van der Waals surface area contributed by atoms with Crippen LogP contribution in [-0.2, 0) is 0 Å². The normalized spacial score (nSPS) is 10.8. The third-order valence-electron chi connectivity index (χ3n) is 2.13. The van der Waals surface area contributed by atoms with Gasteiger partial charge >= 0.3 is 0 Å². The van der Waals surface area contributed by atoms with Gasteiger partial charge in [-0.3, -0.25) is 10.1 Å². The fourth-order valence-electron chi connectivity index (χ4n) is 1.39. The summed E-state index contributed by atoms with van der Waals surface area (Å²) in [6.45, 7) is 0. The number of rotatable bonds is 1. The maximum atomic E-state index is 5.78. The number of anilines is 1. The van der Waals surface area contributed by atoms with E-state index in [0.717, 1.165) is 0 Å². The minimum absolute atomic E-state index is 0.374. The number of H-pyrrole nitrogens is 1. The minimum atomic E-state index is 0.374. The number of nitrogens with one attached hydrogen (secondary N) is 1. The van der Waals surface area contributed by atoms with E-state index in [9.17, 15) is 0 Å². The molecule has 0 saturated carbocycles. The lowest BCUT2D eigenvalue weighted by Gasteiger charge is -2.00. The smallest absolute Gasteiger partial charge is 0.183 e. The highest BCUT2D eigenvalue weighted by Gasteiger charge is 2.09. The second-order valence-electron chi connectivity index (χ2n) is 3.16. The Labute approximate surface area is 89.8 Å². The van der Waals surface area contributed by atoms with Crippen molar-refractivity contribution in [1.82, 2.24) is 30.1 Å². The van der Waals surface area contributed by atoms with Gasteiger partial charge in [0, 0.05) is 12.4 Å². The van der Waals surface area contributed by atoms with E-state index in [-0.39, 0.29) is 0 Å². The molecule has 3 aromatic rings. The van der Waals surface area contributed by atoms with Gasteiger partial charge in [-0.1, -0.05) is 0 Å². The van der Waals surface area contributed by atoms with E-state index in [4.69, 9.17) is 5.73 Å². The predicted octanol–water partition coefficient (Wildman–Crippen LogP) is 0.392. The molecule has 0 aliphatic heterocycles. The average molecular weight is 213 g/mol. The third kappa shape index (κ3) is 1.26. The zero-order valence-corrected chi connectivity index (χ0v) is 8.12. The van der Waals surface area contributed by atoms with Crippen molar-refractivity contribution in [3.63, 3.8) is 0 Å². The van der Waals surface area contributed by atoms with Crippen LogP contribution in [0.1, 0.15) is 0 Å². The fourth-order valence-corrected chi connectivity index (χ4v) is 1.39. The molecule has 0 fully saturated rings. The molecule has 0 bridgehead atoms. The molecule has 16 heavy (non-hydrogen) atoms. The molecule has 3 rings (SSSR count). The molecule has 0 unspecified atom stereocenters. The summed E-state index contributed by atoms with van der Waals surface area (Å²) in [5.74, 6) is 0.807. The summed E-state index contributed by atoms with van der Waals surface area (Å²) >= 11 is 0. The fraction of sp³-hybridized carbons (Fsp3) is 0. The van der Waals surface area contributed by atoms with Crippen LogP contribution in [0.2, 0.25) is 0 Å². The predicted molar refractivity (Wildman–Crippen MR) is 57.1 cm³/mol. The number of hydrogen-bond acceptors (Lipinski definition) is 6. The van der Waals surface area contributed by atoms with Crippen molar-refractivity contribution < 1.29 is 0 Å². The van der Waals surface area contributed by atoms with Crippen molar-refractivity contribution in [2.75, 3.05) is 5.73 Å². The minimum Gasteiger partial charge on any atom is -0.383 e. The quantitative estimate of drug-likeness (QED) is 0.605. The Morgan fingerprint density at radius 1 is 1.12 bits per heavy atom. The zero-order chi connectivity index (χ0) is 11.0. The zero-order valence-electron chi connectivity index (χ0n) is 8.12. The molecule has 0 aromatic carbocycles. The Kier molecular flexibility index (Phi) is 1.76. The highest BCUT2D eigenvalue weighted by atomic mass is 15.2. The molecule has 0 saturated heterocycles. The third-order valence-corrected chi connectivity index (χ3v) is 2.13. The molecular formula is C9H7N7. The van der Waals surface area contributed by atoms with Gasteiger partial charge in [0.05, 0.1) is 17.8 Å². The van der Waals surface area contributed by atoms with Crippen molar-refractivity contribution in [2.24, 2.45) is 0 Å². The Morgan fingerprint density at radius 3 is 2.88 bits per heavy atom. The van der Waals surface area contributed by atoms with Crippen LogP contribution in [0.15, 0.2) is 24.8 Å². The van der Waals surface area contributed by atoms with E-state index in [1.807, 2.05) is 0 Å². The van der Waals surface area contributed by atoms with Gasteiger partial charge in [-0.2, -0.15) is 5.10 Å². The van der Waals surface area contributed by atoms with Crippen molar-refractivity contribution in [3.05, 3.63) is 24.8 Å². The van der Waals surface area contributed by atoms with Crippen LogP contribution in [0.3, 0.4) is 0 Å². The first-order valence-electron chi connectivity index (χ1n) is 4.57. The Bertz CT molecular complexity index is 631. The van der Waals surface area contributed by atoms with Gasteiger partial charge in [-0.15, -0.1) is 0 Å². The topological polar surface area (TPSA) is 106 Å². The molecule has 7 heteroatoms. The maximum absolute atomic E-state index is 5.78. The van der Waals surface area contributed by atoms with E-state index in [2.05, 4.69) is 30.1 Å². The summed E-state index contributed by atoms with van der Waals surface area (Å²) in [6, 6.07) is 0. The molecule has 0 radical (unpaired) electrons. The molecule has 78 valence electrons. The number of nitrogen functional groups attached to an aromatic ring is 1. The van der Waals surface area contributed by atoms with Crippen LogP contribution in [0.5, 0.6) is 0 Å². The van der Waals surface area contributed by atoms with Crippen LogP contribution >= 0.6 is 0 Å². The van der Waals surface area contributed by atoms with E-state index < -0.39 is 0 Å².